The number of halogens is 1. The van der Waals surface area contributed by atoms with Gasteiger partial charge >= 0.3 is 0 Å². The average Bonchev–Trinajstić information content (AvgIpc) is 2.28. The van der Waals surface area contributed by atoms with E-state index in [1.165, 1.54) is 6.07 Å². The molecule has 3 unspecified atom stereocenters. The van der Waals surface area contributed by atoms with Crippen molar-refractivity contribution in [2.45, 2.75) is 39.3 Å². The summed E-state index contributed by atoms with van der Waals surface area (Å²) in [6.07, 6.45) is 1.14. The third-order valence-electron chi connectivity index (χ3n) is 3.46. The largest absolute Gasteiger partial charge is 0.326 e. The summed E-state index contributed by atoms with van der Waals surface area (Å²) in [5.41, 5.74) is 7.03. The Morgan fingerprint density at radius 2 is 2.00 bits per heavy atom. The van der Waals surface area contributed by atoms with Gasteiger partial charge in [-0.2, -0.15) is 0 Å². The fourth-order valence-electron chi connectivity index (χ4n) is 2.38. The van der Waals surface area contributed by atoms with Gasteiger partial charge in [-0.3, -0.25) is 4.90 Å². The SMILES string of the molecule is CCC(C)CN(C)C(c1cccc(F)c1)C(C)N. The van der Waals surface area contributed by atoms with E-state index < -0.39 is 0 Å². The second-order valence-electron chi connectivity index (χ2n) is 5.31. The van der Waals surface area contributed by atoms with Crippen LogP contribution in [0.3, 0.4) is 0 Å². The van der Waals surface area contributed by atoms with Crippen molar-refractivity contribution in [1.82, 2.24) is 4.90 Å². The highest BCUT2D eigenvalue weighted by Gasteiger charge is 2.22. The fourth-order valence-corrected chi connectivity index (χ4v) is 2.38. The summed E-state index contributed by atoms with van der Waals surface area (Å²) >= 11 is 0. The summed E-state index contributed by atoms with van der Waals surface area (Å²) in [5, 5.41) is 0. The second kappa shape index (κ2) is 6.86. The minimum atomic E-state index is -0.199. The number of nitrogens with zero attached hydrogens (tertiary/aromatic N) is 1. The molecule has 0 heterocycles. The Bertz CT molecular complexity index is 365. The van der Waals surface area contributed by atoms with E-state index >= 15 is 0 Å². The minimum absolute atomic E-state index is 0.0270. The van der Waals surface area contributed by atoms with E-state index in [2.05, 4.69) is 25.8 Å². The molecule has 2 N–H and O–H groups in total. The molecule has 0 spiro atoms. The third-order valence-corrected chi connectivity index (χ3v) is 3.46. The van der Waals surface area contributed by atoms with Crippen molar-refractivity contribution in [3.63, 3.8) is 0 Å². The molecule has 1 rings (SSSR count). The molecular weight excluding hydrogens is 227 g/mol. The predicted molar refractivity (Wildman–Crippen MR) is 74.9 cm³/mol. The van der Waals surface area contributed by atoms with E-state index in [-0.39, 0.29) is 17.9 Å². The summed E-state index contributed by atoms with van der Waals surface area (Å²) in [5.74, 6) is 0.417. The second-order valence-corrected chi connectivity index (χ2v) is 5.31. The Morgan fingerprint density at radius 3 is 2.50 bits per heavy atom. The lowest BCUT2D eigenvalue weighted by molar-refractivity contribution is 0.190. The first kappa shape index (κ1) is 15.1. The van der Waals surface area contributed by atoms with Crippen LogP contribution in [0.2, 0.25) is 0 Å². The lowest BCUT2D eigenvalue weighted by Gasteiger charge is -2.33. The third kappa shape index (κ3) is 4.07. The zero-order chi connectivity index (χ0) is 13.7. The van der Waals surface area contributed by atoms with Gasteiger partial charge in [-0.25, -0.2) is 4.39 Å². The molecule has 0 saturated heterocycles. The number of hydrogen-bond acceptors (Lipinski definition) is 2. The van der Waals surface area contributed by atoms with Crippen molar-refractivity contribution in [2.24, 2.45) is 11.7 Å². The van der Waals surface area contributed by atoms with Crippen molar-refractivity contribution >= 4 is 0 Å². The summed E-state index contributed by atoms with van der Waals surface area (Å²) in [7, 11) is 2.06. The van der Waals surface area contributed by atoms with Gasteiger partial charge < -0.3 is 5.73 Å². The zero-order valence-corrected chi connectivity index (χ0v) is 11.9. The van der Waals surface area contributed by atoms with Crippen molar-refractivity contribution in [1.29, 1.82) is 0 Å². The van der Waals surface area contributed by atoms with E-state index in [1.54, 1.807) is 12.1 Å². The number of hydrogen-bond donors (Lipinski definition) is 1. The van der Waals surface area contributed by atoms with E-state index in [0.29, 0.717) is 5.92 Å². The molecule has 3 atom stereocenters. The van der Waals surface area contributed by atoms with Crippen LogP contribution in [0.4, 0.5) is 4.39 Å². The predicted octanol–water partition coefficient (Wildman–Crippen LogP) is 3.19. The maximum absolute atomic E-state index is 13.3. The fraction of sp³-hybridized carbons (Fsp3) is 0.600. The first-order valence-corrected chi connectivity index (χ1v) is 6.67. The molecular formula is C15H25FN2. The molecule has 0 aromatic heterocycles. The molecule has 18 heavy (non-hydrogen) atoms. The van der Waals surface area contributed by atoms with Crippen LogP contribution in [0.1, 0.15) is 38.8 Å². The smallest absolute Gasteiger partial charge is 0.123 e. The molecule has 1 aromatic carbocycles. The summed E-state index contributed by atoms with van der Waals surface area (Å²) in [4.78, 5) is 2.23. The zero-order valence-electron chi connectivity index (χ0n) is 11.9. The molecule has 0 aliphatic rings. The molecule has 0 bridgehead atoms. The lowest BCUT2D eigenvalue weighted by Crippen LogP contribution is -2.39. The Balaban J connectivity index is 2.89. The van der Waals surface area contributed by atoms with Crippen LogP contribution in [0.5, 0.6) is 0 Å². The maximum Gasteiger partial charge on any atom is 0.123 e. The first-order chi connectivity index (χ1) is 8.45. The molecule has 0 amide bonds. The Morgan fingerprint density at radius 1 is 1.33 bits per heavy atom. The van der Waals surface area contributed by atoms with Gasteiger partial charge in [-0.15, -0.1) is 0 Å². The molecule has 3 heteroatoms. The number of likely N-dealkylation sites (N-methyl/N-ethyl adjacent to an activating group) is 1. The van der Waals surface area contributed by atoms with Gasteiger partial charge in [0.2, 0.25) is 0 Å². The van der Waals surface area contributed by atoms with Crippen LogP contribution in [-0.4, -0.2) is 24.5 Å². The van der Waals surface area contributed by atoms with Crippen LogP contribution >= 0.6 is 0 Å². The highest BCUT2D eigenvalue weighted by molar-refractivity contribution is 5.21. The summed E-state index contributed by atoms with van der Waals surface area (Å²) in [6, 6.07) is 6.79. The van der Waals surface area contributed by atoms with Crippen molar-refractivity contribution < 1.29 is 4.39 Å². The van der Waals surface area contributed by atoms with E-state index in [4.69, 9.17) is 5.73 Å². The van der Waals surface area contributed by atoms with Crippen molar-refractivity contribution in [3.05, 3.63) is 35.6 Å². The van der Waals surface area contributed by atoms with Crippen LogP contribution in [-0.2, 0) is 0 Å². The molecule has 102 valence electrons. The van der Waals surface area contributed by atoms with E-state index in [0.717, 1.165) is 18.5 Å². The molecule has 0 fully saturated rings. The Hall–Kier alpha value is -0.930. The standard InChI is InChI=1S/C15H25FN2/c1-5-11(2)10-18(4)15(12(3)17)13-7-6-8-14(16)9-13/h6-9,11-12,15H,5,10,17H2,1-4H3. The van der Waals surface area contributed by atoms with Crippen LogP contribution in [0.15, 0.2) is 24.3 Å². The summed E-state index contributed by atoms with van der Waals surface area (Å²) in [6.45, 7) is 7.35. The van der Waals surface area contributed by atoms with Gasteiger partial charge in [0.25, 0.3) is 0 Å². The lowest BCUT2D eigenvalue weighted by atomic mass is 9.98. The minimum Gasteiger partial charge on any atom is -0.326 e. The van der Waals surface area contributed by atoms with Crippen molar-refractivity contribution in [2.75, 3.05) is 13.6 Å². The highest BCUT2D eigenvalue weighted by atomic mass is 19.1. The van der Waals surface area contributed by atoms with Crippen molar-refractivity contribution in [3.8, 4) is 0 Å². The summed E-state index contributed by atoms with van der Waals surface area (Å²) < 4.78 is 13.3. The first-order valence-electron chi connectivity index (χ1n) is 6.67. The van der Waals surface area contributed by atoms with Crippen LogP contribution in [0.25, 0.3) is 0 Å². The topological polar surface area (TPSA) is 29.3 Å². The van der Waals surface area contributed by atoms with Crippen LogP contribution < -0.4 is 5.73 Å². The highest BCUT2D eigenvalue weighted by Crippen LogP contribution is 2.24. The normalized spacial score (nSPS) is 16.6. The van der Waals surface area contributed by atoms with E-state index in [9.17, 15) is 4.39 Å². The quantitative estimate of drug-likeness (QED) is 0.842. The monoisotopic (exact) mass is 252 g/mol. The number of rotatable bonds is 6. The van der Waals surface area contributed by atoms with Gasteiger partial charge in [0.05, 0.1) is 0 Å². The van der Waals surface area contributed by atoms with Gasteiger partial charge in [0.15, 0.2) is 0 Å². The molecule has 1 aromatic rings. The Labute approximate surface area is 110 Å². The molecule has 0 saturated carbocycles. The molecule has 0 radical (unpaired) electrons. The van der Waals surface area contributed by atoms with Crippen LogP contribution in [0, 0.1) is 11.7 Å². The van der Waals surface area contributed by atoms with Gasteiger partial charge in [-0.1, -0.05) is 32.4 Å². The van der Waals surface area contributed by atoms with Gasteiger partial charge in [0.1, 0.15) is 5.82 Å². The number of nitrogens with two attached hydrogens (primary N) is 1. The molecule has 2 nitrogen and oxygen atoms in total. The van der Waals surface area contributed by atoms with E-state index in [1.807, 2.05) is 13.0 Å². The Kier molecular flexibility index (Phi) is 5.76. The average molecular weight is 252 g/mol. The van der Waals surface area contributed by atoms with Gasteiger partial charge in [-0.05, 0) is 37.6 Å². The number of benzene rings is 1. The molecule has 0 aliphatic carbocycles. The maximum atomic E-state index is 13.3. The molecule has 0 aliphatic heterocycles. The van der Waals surface area contributed by atoms with Gasteiger partial charge in [0, 0.05) is 18.6 Å².